The fourth-order valence-electron chi connectivity index (χ4n) is 8.48. The van der Waals surface area contributed by atoms with Gasteiger partial charge in [-0.25, -0.2) is 9.36 Å². The van der Waals surface area contributed by atoms with Crippen LogP contribution in [0.15, 0.2) is 85.2 Å². The molecule has 2 aromatic heterocycles. The van der Waals surface area contributed by atoms with E-state index in [0.717, 1.165) is 60.8 Å². The third-order valence-electron chi connectivity index (χ3n) is 12.9. The Bertz CT molecular complexity index is 2630. The molecule has 2 fully saturated rings. The topological polar surface area (TPSA) is 177 Å². The number of rotatable bonds is 20. The second-order valence-electron chi connectivity index (χ2n) is 18.5. The lowest BCUT2D eigenvalue weighted by atomic mass is 9.78. The number of halogens is 6. The van der Waals surface area contributed by atoms with Gasteiger partial charge in [-0.15, -0.1) is 23.2 Å². The molecule has 0 aliphatic carbocycles. The molecule has 0 saturated carbocycles. The molecule has 8 rings (SSSR count). The summed E-state index contributed by atoms with van der Waals surface area (Å²) in [5, 5.41) is 33.6. The highest BCUT2D eigenvalue weighted by Gasteiger charge is 2.30. The van der Waals surface area contributed by atoms with Gasteiger partial charge in [-0.05, 0) is 109 Å². The minimum atomic E-state index is -0.446. The summed E-state index contributed by atoms with van der Waals surface area (Å²) in [5.74, 6) is 2.63. The van der Waals surface area contributed by atoms with E-state index in [2.05, 4.69) is 37.9 Å². The predicted octanol–water partition coefficient (Wildman–Crippen LogP) is 14.6. The van der Waals surface area contributed by atoms with Crippen LogP contribution in [0.2, 0.25) is 20.1 Å². The molecule has 0 N–H and O–H groups in total. The van der Waals surface area contributed by atoms with E-state index >= 15 is 0 Å². The monoisotopic (exact) mass is 1130 g/mol. The number of aromatic nitrogens is 4. The molecule has 16 nitrogen and oxygen atoms in total. The zero-order valence-corrected chi connectivity index (χ0v) is 45.7. The van der Waals surface area contributed by atoms with Crippen LogP contribution in [-0.4, -0.2) is 67.6 Å². The summed E-state index contributed by atoms with van der Waals surface area (Å²) >= 11 is 37.2. The third-order valence-corrected chi connectivity index (χ3v) is 14.3. The van der Waals surface area contributed by atoms with Crippen molar-refractivity contribution in [1.29, 1.82) is 0 Å². The van der Waals surface area contributed by atoms with Crippen LogP contribution < -0.4 is 18.9 Å². The van der Waals surface area contributed by atoms with E-state index in [1.807, 2.05) is 72.8 Å². The Kier molecular flexibility index (Phi) is 19.7. The van der Waals surface area contributed by atoms with Crippen molar-refractivity contribution in [2.45, 2.75) is 103 Å². The first-order valence-electron chi connectivity index (χ1n) is 23.9. The van der Waals surface area contributed by atoms with Crippen molar-refractivity contribution in [3.63, 3.8) is 0 Å². The van der Waals surface area contributed by atoms with E-state index in [9.17, 15) is 20.2 Å². The molecule has 2 unspecified atom stereocenters. The van der Waals surface area contributed by atoms with Gasteiger partial charge in [0, 0.05) is 24.0 Å². The van der Waals surface area contributed by atoms with E-state index in [-0.39, 0.29) is 48.4 Å². The number of hydrogen-bond donors (Lipinski definition) is 0. The van der Waals surface area contributed by atoms with Crippen LogP contribution in [0.1, 0.15) is 112 Å². The van der Waals surface area contributed by atoms with E-state index in [0.29, 0.717) is 81.3 Å². The van der Waals surface area contributed by atoms with Crippen molar-refractivity contribution in [2.24, 2.45) is 0 Å². The molecule has 74 heavy (non-hydrogen) atoms. The Morgan fingerprint density at radius 2 is 0.919 bits per heavy atom. The summed E-state index contributed by atoms with van der Waals surface area (Å²) in [6.07, 6.45) is 7.77. The van der Waals surface area contributed by atoms with Gasteiger partial charge in [-0.2, -0.15) is 10.2 Å². The lowest BCUT2D eigenvalue weighted by Crippen LogP contribution is -2.19. The molecule has 4 heterocycles. The van der Waals surface area contributed by atoms with Crippen LogP contribution in [0.5, 0.6) is 23.0 Å². The van der Waals surface area contributed by atoms with Crippen molar-refractivity contribution in [2.75, 3.05) is 38.2 Å². The second-order valence-corrected chi connectivity index (χ2v) is 20.9. The molecule has 22 heteroatoms. The number of benzene rings is 4. The van der Waals surface area contributed by atoms with E-state index in [4.69, 9.17) is 98.0 Å². The lowest BCUT2D eigenvalue weighted by Gasteiger charge is -2.27. The summed E-state index contributed by atoms with van der Waals surface area (Å²) in [5.41, 5.74) is 3.34. The molecule has 2 aliphatic heterocycles. The molecular weight excluding hydrogens is 1080 g/mol. The molecule has 0 bridgehead atoms. The summed E-state index contributed by atoms with van der Waals surface area (Å²) in [6.45, 7) is 10.0. The van der Waals surface area contributed by atoms with Crippen molar-refractivity contribution in [1.82, 2.24) is 19.6 Å². The Morgan fingerprint density at radius 1 is 0.568 bits per heavy atom. The van der Waals surface area contributed by atoms with Crippen LogP contribution in [-0.2, 0) is 33.5 Å². The summed E-state index contributed by atoms with van der Waals surface area (Å²) in [4.78, 5) is 22.2. The minimum Gasteiger partial charge on any atom is -0.489 e. The predicted molar refractivity (Wildman–Crippen MR) is 287 cm³/mol. The van der Waals surface area contributed by atoms with Gasteiger partial charge in [-0.3, -0.25) is 20.2 Å². The highest BCUT2D eigenvalue weighted by Crippen LogP contribution is 2.43. The van der Waals surface area contributed by atoms with Gasteiger partial charge in [-0.1, -0.05) is 98.4 Å². The molecule has 2 aliphatic rings. The van der Waals surface area contributed by atoms with Gasteiger partial charge >= 0.3 is 11.4 Å². The summed E-state index contributed by atoms with van der Waals surface area (Å²) in [7, 11) is 0. The number of nitro groups is 2. The average Bonchev–Trinajstić information content (AvgIpc) is 4.04. The van der Waals surface area contributed by atoms with E-state index in [1.54, 1.807) is 0 Å². The quantitative estimate of drug-likeness (QED) is 0.0402. The van der Waals surface area contributed by atoms with Crippen molar-refractivity contribution < 1.29 is 38.3 Å². The number of nitrogens with zero attached hydrogens (tertiary/aromatic N) is 6. The van der Waals surface area contributed by atoms with E-state index < -0.39 is 20.7 Å². The SMILES string of the molecule is CC(C)(c1ccc(OCc2nn(C3CCCCO3)cc2[N+](=O)[O-])cc1)c1cc(Cl)c(OCCCl)c(Cl)c1.CC(C)(c1ccc(OCc2nn(C3CCCCO3)cc2[N+](=O)[O-])cc1)c1cc(Cl)c(OCCCl)c(Cl)c1. The van der Waals surface area contributed by atoms with E-state index in [1.165, 1.54) is 21.8 Å². The first kappa shape index (κ1) is 56.7. The van der Waals surface area contributed by atoms with Gasteiger partial charge in [0.1, 0.15) is 62.8 Å². The summed E-state index contributed by atoms with van der Waals surface area (Å²) in [6, 6.07) is 22.4. The molecule has 0 spiro atoms. The van der Waals surface area contributed by atoms with Crippen LogP contribution in [0.4, 0.5) is 11.4 Å². The largest absolute Gasteiger partial charge is 0.489 e. The van der Waals surface area contributed by atoms with Crippen LogP contribution in [0.3, 0.4) is 0 Å². The van der Waals surface area contributed by atoms with Gasteiger partial charge in [0.05, 0.1) is 41.7 Å². The maximum Gasteiger partial charge on any atom is 0.313 e. The Morgan fingerprint density at radius 3 is 1.22 bits per heavy atom. The summed E-state index contributed by atoms with van der Waals surface area (Å²) < 4.78 is 37.3. The van der Waals surface area contributed by atoms with Crippen LogP contribution >= 0.6 is 69.6 Å². The van der Waals surface area contributed by atoms with Crippen LogP contribution in [0, 0.1) is 20.2 Å². The third kappa shape index (κ3) is 13.9. The molecular formula is C52H56Cl6N6O10. The smallest absolute Gasteiger partial charge is 0.313 e. The molecule has 6 aromatic rings. The fourth-order valence-corrected chi connectivity index (χ4v) is 9.83. The molecule has 396 valence electrons. The molecule has 2 saturated heterocycles. The van der Waals surface area contributed by atoms with Gasteiger partial charge in [0.2, 0.25) is 0 Å². The zero-order chi connectivity index (χ0) is 53.2. The highest BCUT2D eigenvalue weighted by molar-refractivity contribution is 6.38. The first-order valence-corrected chi connectivity index (χ1v) is 26.5. The standard InChI is InChI=1S/2C26H28Cl3N3O5/c2*1-26(2,18-13-20(28)25(21(29)14-18)36-12-10-27)17-6-8-19(9-7-17)37-16-22-23(32(33)34)15-31(30-22)24-5-3-4-11-35-24/h2*6-9,13-15,24H,3-5,10-12,16H2,1-2H3. The van der Waals surface area contributed by atoms with Gasteiger partial charge < -0.3 is 28.4 Å². The van der Waals surface area contributed by atoms with Gasteiger partial charge in [0.15, 0.2) is 22.9 Å². The second kappa shape index (κ2) is 25.7. The first-order chi connectivity index (χ1) is 35.4. The number of alkyl halides is 2. The van der Waals surface area contributed by atoms with Crippen molar-refractivity contribution >= 4 is 81.0 Å². The van der Waals surface area contributed by atoms with Crippen molar-refractivity contribution in [3.8, 4) is 23.0 Å². The molecule has 4 aromatic carbocycles. The molecule has 0 radical (unpaired) electrons. The lowest BCUT2D eigenvalue weighted by molar-refractivity contribution is -0.386. The van der Waals surface area contributed by atoms with Gasteiger partial charge in [0.25, 0.3) is 0 Å². The zero-order valence-electron chi connectivity index (χ0n) is 41.2. The Hall–Kier alpha value is -5.04. The van der Waals surface area contributed by atoms with Crippen LogP contribution in [0.25, 0.3) is 0 Å². The minimum absolute atomic E-state index is 0.0340. The van der Waals surface area contributed by atoms with Crippen molar-refractivity contribution in [3.05, 3.63) is 159 Å². The maximum absolute atomic E-state index is 11.6. The number of ether oxygens (including phenoxy) is 6. The molecule has 0 amide bonds. The Balaban J connectivity index is 0.000000216. The Labute approximate surface area is 459 Å². The normalized spacial score (nSPS) is 16.0. The highest BCUT2D eigenvalue weighted by atomic mass is 35.5. The maximum atomic E-state index is 11.6. The number of hydrogen-bond acceptors (Lipinski definition) is 12. The average molecular weight is 1140 g/mol. The molecule has 2 atom stereocenters. The fraction of sp³-hybridized carbons (Fsp3) is 0.423.